The summed E-state index contributed by atoms with van der Waals surface area (Å²) in [6, 6.07) is 0.141. The van der Waals surface area contributed by atoms with Gasteiger partial charge in [0, 0.05) is 12.5 Å². The van der Waals surface area contributed by atoms with Crippen molar-refractivity contribution in [2.24, 2.45) is 5.73 Å². The molecule has 1 rings (SSSR count). The lowest BCUT2D eigenvalue weighted by molar-refractivity contribution is 0.362. The molecule has 1 aromatic rings. The highest BCUT2D eigenvalue weighted by Crippen LogP contribution is 2.10. The van der Waals surface area contributed by atoms with Gasteiger partial charge in [-0.3, -0.25) is 0 Å². The molecule has 0 amide bonds. The second-order valence-electron chi connectivity index (χ2n) is 3.49. The van der Waals surface area contributed by atoms with Crippen LogP contribution in [0, 0.1) is 0 Å². The van der Waals surface area contributed by atoms with Gasteiger partial charge in [0.15, 0.2) is 5.82 Å². The van der Waals surface area contributed by atoms with Crippen LogP contribution in [0.3, 0.4) is 0 Å². The maximum absolute atomic E-state index is 5.89. The number of hydrogen-bond donors (Lipinski definition) is 1. The van der Waals surface area contributed by atoms with E-state index in [0.29, 0.717) is 12.3 Å². The predicted molar refractivity (Wildman–Crippen MR) is 62.7 cm³/mol. The maximum atomic E-state index is 5.89. The summed E-state index contributed by atoms with van der Waals surface area (Å²) >= 11 is 1.79. The zero-order chi connectivity index (χ0) is 11.1. The third kappa shape index (κ3) is 4.66. The lowest BCUT2D eigenvalue weighted by Crippen LogP contribution is -2.22. The minimum Gasteiger partial charge on any atom is -0.339 e. The van der Waals surface area contributed by atoms with Gasteiger partial charge in [-0.1, -0.05) is 25.4 Å². The second kappa shape index (κ2) is 6.85. The predicted octanol–water partition coefficient (Wildman–Crippen LogP) is 1.99. The molecule has 1 unspecified atom stereocenters. The molecule has 0 spiro atoms. The molecule has 0 bridgehead atoms. The van der Waals surface area contributed by atoms with Crippen molar-refractivity contribution in [3.63, 3.8) is 0 Å². The first-order valence-electron chi connectivity index (χ1n) is 5.41. The molecule has 0 aliphatic heterocycles. The third-order valence-corrected chi connectivity index (χ3v) is 2.91. The van der Waals surface area contributed by atoms with Gasteiger partial charge in [0.25, 0.3) is 0 Å². The molecule has 0 aliphatic rings. The standard InChI is InChI=1S/C10H19N3OS/c1-3-5-8(11)6-10-12-9(13-14-10)7-15-4-2/h8H,3-7,11H2,1-2H3. The van der Waals surface area contributed by atoms with Crippen LogP contribution < -0.4 is 5.73 Å². The molecular weight excluding hydrogens is 210 g/mol. The van der Waals surface area contributed by atoms with Gasteiger partial charge in [0.1, 0.15) is 0 Å². The molecule has 2 N–H and O–H groups in total. The summed E-state index contributed by atoms with van der Waals surface area (Å²) in [7, 11) is 0. The Morgan fingerprint density at radius 1 is 1.47 bits per heavy atom. The number of hydrogen-bond acceptors (Lipinski definition) is 5. The molecule has 0 aliphatic carbocycles. The minimum absolute atomic E-state index is 0.141. The van der Waals surface area contributed by atoms with Crippen LogP contribution in [0.15, 0.2) is 4.52 Å². The van der Waals surface area contributed by atoms with Crippen molar-refractivity contribution in [2.45, 2.75) is 44.9 Å². The van der Waals surface area contributed by atoms with Crippen LogP contribution in [0.25, 0.3) is 0 Å². The van der Waals surface area contributed by atoms with Crippen molar-refractivity contribution in [3.05, 3.63) is 11.7 Å². The minimum atomic E-state index is 0.141. The van der Waals surface area contributed by atoms with Crippen molar-refractivity contribution in [2.75, 3.05) is 5.75 Å². The Morgan fingerprint density at radius 3 is 2.93 bits per heavy atom. The van der Waals surface area contributed by atoms with Gasteiger partial charge in [0.05, 0.1) is 5.75 Å². The summed E-state index contributed by atoms with van der Waals surface area (Å²) in [5.41, 5.74) is 5.89. The van der Waals surface area contributed by atoms with Crippen molar-refractivity contribution in [1.82, 2.24) is 10.1 Å². The lowest BCUT2D eigenvalue weighted by atomic mass is 10.1. The Labute approximate surface area is 95.0 Å². The summed E-state index contributed by atoms with van der Waals surface area (Å²) in [6.07, 6.45) is 2.78. The molecule has 0 radical (unpaired) electrons. The van der Waals surface area contributed by atoms with E-state index in [1.165, 1.54) is 0 Å². The summed E-state index contributed by atoms with van der Waals surface area (Å²) < 4.78 is 5.12. The van der Waals surface area contributed by atoms with Gasteiger partial charge in [-0.05, 0) is 12.2 Å². The average Bonchev–Trinajstić information content (AvgIpc) is 2.63. The largest absolute Gasteiger partial charge is 0.339 e. The molecule has 0 saturated carbocycles. The Bertz CT molecular complexity index is 277. The van der Waals surface area contributed by atoms with E-state index in [2.05, 4.69) is 24.0 Å². The molecule has 0 aromatic carbocycles. The highest BCUT2D eigenvalue weighted by Gasteiger charge is 2.10. The smallest absolute Gasteiger partial charge is 0.228 e. The normalized spacial score (nSPS) is 13.0. The van der Waals surface area contributed by atoms with E-state index in [1.54, 1.807) is 11.8 Å². The summed E-state index contributed by atoms with van der Waals surface area (Å²) in [6.45, 7) is 4.24. The number of nitrogens with zero attached hydrogens (tertiary/aromatic N) is 2. The quantitative estimate of drug-likeness (QED) is 0.774. The Kier molecular flexibility index (Phi) is 5.71. The van der Waals surface area contributed by atoms with E-state index in [1.807, 2.05) is 0 Å². The molecule has 0 saturated heterocycles. The molecule has 1 heterocycles. The molecule has 0 fully saturated rings. The summed E-state index contributed by atoms with van der Waals surface area (Å²) in [5, 5.41) is 3.90. The van der Waals surface area contributed by atoms with Crippen LogP contribution in [-0.4, -0.2) is 21.9 Å². The Hall–Kier alpha value is -0.550. The first-order valence-corrected chi connectivity index (χ1v) is 6.56. The number of rotatable bonds is 7. The first-order chi connectivity index (χ1) is 7.26. The zero-order valence-corrected chi connectivity index (χ0v) is 10.2. The van der Waals surface area contributed by atoms with Gasteiger partial charge >= 0.3 is 0 Å². The van der Waals surface area contributed by atoms with E-state index in [0.717, 1.165) is 30.2 Å². The summed E-state index contributed by atoms with van der Waals surface area (Å²) in [4.78, 5) is 4.29. The molecular formula is C10H19N3OS. The van der Waals surface area contributed by atoms with Gasteiger partial charge in [-0.25, -0.2) is 0 Å². The van der Waals surface area contributed by atoms with Gasteiger partial charge in [-0.15, -0.1) is 0 Å². The molecule has 1 aromatic heterocycles. The van der Waals surface area contributed by atoms with Crippen molar-refractivity contribution in [3.8, 4) is 0 Å². The fraction of sp³-hybridized carbons (Fsp3) is 0.800. The molecule has 5 heteroatoms. The van der Waals surface area contributed by atoms with Crippen LogP contribution in [0.4, 0.5) is 0 Å². The highest BCUT2D eigenvalue weighted by molar-refractivity contribution is 7.98. The first kappa shape index (κ1) is 12.5. The van der Waals surface area contributed by atoms with Crippen molar-refractivity contribution < 1.29 is 4.52 Å². The van der Waals surface area contributed by atoms with Crippen molar-refractivity contribution in [1.29, 1.82) is 0 Å². The number of aromatic nitrogens is 2. The molecule has 4 nitrogen and oxygen atoms in total. The molecule has 15 heavy (non-hydrogen) atoms. The van der Waals surface area contributed by atoms with E-state index >= 15 is 0 Å². The fourth-order valence-corrected chi connectivity index (χ4v) is 1.83. The molecule has 1 atom stereocenters. The Balaban J connectivity index is 2.38. The third-order valence-electron chi connectivity index (χ3n) is 2.04. The van der Waals surface area contributed by atoms with Crippen LogP contribution in [0.2, 0.25) is 0 Å². The van der Waals surface area contributed by atoms with E-state index in [4.69, 9.17) is 10.3 Å². The maximum Gasteiger partial charge on any atom is 0.228 e. The van der Waals surface area contributed by atoms with Gasteiger partial charge in [-0.2, -0.15) is 16.7 Å². The van der Waals surface area contributed by atoms with Crippen molar-refractivity contribution >= 4 is 11.8 Å². The fourth-order valence-electron chi connectivity index (χ4n) is 1.32. The average molecular weight is 229 g/mol. The summed E-state index contributed by atoms with van der Waals surface area (Å²) in [5.74, 6) is 3.34. The van der Waals surface area contributed by atoms with E-state index in [9.17, 15) is 0 Å². The number of nitrogens with two attached hydrogens (primary N) is 1. The lowest BCUT2D eigenvalue weighted by Gasteiger charge is -2.05. The van der Waals surface area contributed by atoms with Gasteiger partial charge in [0.2, 0.25) is 5.89 Å². The van der Waals surface area contributed by atoms with Crippen LogP contribution in [0.1, 0.15) is 38.4 Å². The monoisotopic (exact) mass is 229 g/mol. The van der Waals surface area contributed by atoms with E-state index < -0.39 is 0 Å². The zero-order valence-electron chi connectivity index (χ0n) is 9.40. The SMILES string of the molecule is CCCC(N)Cc1nc(CSCC)no1. The van der Waals surface area contributed by atoms with Crippen LogP contribution in [-0.2, 0) is 12.2 Å². The van der Waals surface area contributed by atoms with Gasteiger partial charge < -0.3 is 10.3 Å². The number of thioether (sulfide) groups is 1. The highest BCUT2D eigenvalue weighted by atomic mass is 32.2. The second-order valence-corrected chi connectivity index (χ2v) is 4.77. The van der Waals surface area contributed by atoms with Crippen LogP contribution >= 0.6 is 11.8 Å². The topological polar surface area (TPSA) is 64.9 Å². The van der Waals surface area contributed by atoms with E-state index in [-0.39, 0.29) is 6.04 Å². The van der Waals surface area contributed by atoms with Crippen LogP contribution in [0.5, 0.6) is 0 Å². The molecule has 86 valence electrons. The Morgan fingerprint density at radius 2 is 2.27 bits per heavy atom.